The van der Waals surface area contributed by atoms with Crippen LogP contribution in [0, 0.1) is 0 Å². The lowest BCUT2D eigenvalue weighted by Crippen LogP contribution is -2.05. The molecule has 0 atom stereocenters. The molecule has 4 nitrogen and oxygen atoms in total. The predicted octanol–water partition coefficient (Wildman–Crippen LogP) is 3.97. The minimum atomic E-state index is -0.380. The molecule has 1 N–H and O–H groups in total. The molecule has 0 saturated heterocycles. The maximum atomic E-state index is 12.0. The number of ether oxygens (including phenoxy) is 1. The van der Waals surface area contributed by atoms with Crippen LogP contribution in [0.15, 0.2) is 24.3 Å². The van der Waals surface area contributed by atoms with Crippen molar-refractivity contribution in [1.82, 2.24) is 4.98 Å². The maximum absolute atomic E-state index is 12.0. The first-order valence-corrected chi connectivity index (χ1v) is 6.91. The molecule has 0 saturated carbocycles. The van der Waals surface area contributed by atoms with Crippen molar-refractivity contribution in [1.29, 1.82) is 0 Å². The van der Waals surface area contributed by atoms with Crippen molar-refractivity contribution >= 4 is 28.2 Å². The van der Waals surface area contributed by atoms with Gasteiger partial charge in [-0.05, 0) is 42.7 Å². The monoisotopic (exact) mass is 285 g/mol. The van der Waals surface area contributed by atoms with Gasteiger partial charge in [0.15, 0.2) is 5.78 Å². The first-order chi connectivity index (χ1) is 9.97. The van der Waals surface area contributed by atoms with Crippen LogP contribution in [0.4, 0.5) is 0 Å². The van der Waals surface area contributed by atoms with Crippen LogP contribution >= 0.6 is 0 Å². The van der Waals surface area contributed by atoms with Crippen LogP contribution in [-0.2, 0) is 4.74 Å². The van der Waals surface area contributed by atoms with Gasteiger partial charge in [-0.2, -0.15) is 0 Å². The van der Waals surface area contributed by atoms with Gasteiger partial charge in [0, 0.05) is 17.8 Å². The number of hydrogen-bond donors (Lipinski definition) is 1. The minimum absolute atomic E-state index is 0.0341. The van der Waals surface area contributed by atoms with Gasteiger partial charge < -0.3 is 9.72 Å². The predicted molar refractivity (Wildman–Crippen MR) is 83.6 cm³/mol. The third-order valence-corrected chi connectivity index (χ3v) is 3.48. The number of H-pyrrole nitrogens is 1. The molecular weight excluding hydrogens is 266 g/mol. The number of esters is 1. The second-order valence-corrected chi connectivity index (χ2v) is 5.01. The second-order valence-electron chi connectivity index (χ2n) is 5.01. The van der Waals surface area contributed by atoms with E-state index in [0.717, 1.165) is 28.5 Å². The van der Waals surface area contributed by atoms with Gasteiger partial charge in [0.2, 0.25) is 0 Å². The van der Waals surface area contributed by atoms with Crippen molar-refractivity contribution in [2.75, 3.05) is 7.11 Å². The SMILES string of the molecule is CC/C=C(/C)c1cc2cc(C(C)=O)[nH]c2cc1C(=O)OC. The normalized spacial score (nSPS) is 11.7. The molecule has 4 heteroatoms. The van der Waals surface area contributed by atoms with E-state index < -0.39 is 0 Å². The number of rotatable bonds is 4. The summed E-state index contributed by atoms with van der Waals surface area (Å²) in [6.45, 7) is 5.52. The van der Waals surface area contributed by atoms with E-state index >= 15 is 0 Å². The molecule has 0 aliphatic rings. The fraction of sp³-hybridized carbons (Fsp3) is 0.294. The molecule has 0 aliphatic carbocycles. The molecule has 0 unspecified atom stereocenters. The summed E-state index contributed by atoms with van der Waals surface area (Å²) >= 11 is 0. The van der Waals surface area contributed by atoms with Crippen LogP contribution in [0.1, 0.15) is 53.6 Å². The highest BCUT2D eigenvalue weighted by Crippen LogP contribution is 2.27. The quantitative estimate of drug-likeness (QED) is 0.683. The van der Waals surface area contributed by atoms with E-state index in [-0.39, 0.29) is 11.8 Å². The Balaban J connectivity index is 2.71. The van der Waals surface area contributed by atoms with Crippen molar-refractivity contribution < 1.29 is 14.3 Å². The number of ketones is 1. The average Bonchev–Trinajstić information content (AvgIpc) is 2.88. The standard InChI is InChI=1S/C17H19NO3/c1-5-6-10(2)13-7-12-8-15(11(3)19)18-16(12)9-14(13)17(20)21-4/h6-9,18H,5H2,1-4H3/b10-6-. The number of methoxy groups -OCH3 is 1. The number of Topliss-reactive ketones (excluding diaryl/α,β-unsaturated/α-hetero) is 1. The number of nitrogens with one attached hydrogen (secondary N) is 1. The van der Waals surface area contributed by atoms with Gasteiger partial charge >= 0.3 is 5.97 Å². The van der Waals surface area contributed by atoms with Crippen LogP contribution in [0.25, 0.3) is 16.5 Å². The highest BCUT2D eigenvalue weighted by molar-refractivity contribution is 6.03. The molecular formula is C17H19NO3. The van der Waals surface area contributed by atoms with Gasteiger partial charge in [0.25, 0.3) is 0 Å². The number of fused-ring (bicyclic) bond motifs is 1. The lowest BCUT2D eigenvalue weighted by Gasteiger charge is -2.09. The Bertz CT molecular complexity index is 738. The maximum Gasteiger partial charge on any atom is 0.338 e. The highest BCUT2D eigenvalue weighted by Gasteiger charge is 2.16. The number of aromatic amines is 1. The summed E-state index contributed by atoms with van der Waals surface area (Å²) in [5.74, 6) is -0.414. The molecule has 110 valence electrons. The van der Waals surface area contributed by atoms with E-state index in [0.29, 0.717) is 11.3 Å². The number of aromatic nitrogens is 1. The molecule has 1 aromatic carbocycles. The zero-order valence-electron chi connectivity index (χ0n) is 12.7. The highest BCUT2D eigenvalue weighted by atomic mass is 16.5. The Morgan fingerprint density at radius 1 is 1.19 bits per heavy atom. The molecule has 2 rings (SSSR count). The molecule has 0 amide bonds. The fourth-order valence-electron chi connectivity index (χ4n) is 2.39. The summed E-state index contributed by atoms with van der Waals surface area (Å²) in [5.41, 5.74) is 3.66. The summed E-state index contributed by atoms with van der Waals surface area (Å²) in [6.07, 6.45) is 2.95. The topological polar surface area (TPSA) is 59.2 Å². The van der Waals surface area contributed by atoms with Crippen molar-refractivity contribution in [3.05, 3.63) is 41.1 Å². The smallest absolute Gasteiger partial charge is 0.338 e. The third-order valence-electron chi connectivity index (χ3n) is 3.48. The van der Waals surface area contributed by atoms with Crippen LogP contribution in [0.5, 0.6) is 0 Å². The van der Waals surface area contributed by atoms with Gasteiger partial charge in [-0.3, -0.25) is 4.79 Å². The summed E-state index contributed by atoms with van der Waals surface area (Å²) < 4.78 is 4.86. The number of benzene rings is 1. The summed E-state index contributed by atoms with van der Waals surface area (Å²) in [6, 6.07) is 5.48. The molecule has 0 spiro atoms. The van der Waals surface area contributed by atoms with Gasteiger partial charge in [0.1, 0.15) is 0 Å². The molecule has 2 aromatic rings. The van der Waals surface area contributed by atoms with Crippen molar-refractivity contribution in [3.63, 3.8) is 0 Å². The Morgan fingerprint density at radius 3 is 2.48 bits per heavy atom. The van der Waals surface area contributed by atoms with Crippen molar-refractivity contribution in [2.45, 2.75) is 27.2 Å². The first-order valence-electron chi connectivity index (χ1n) is 6.91. The van der Waals surface area contributed by atoms with E-state index in [4.69, 9.17) is 4.74 Å². The zero-order valence-corrected chi connectivity index (χ0v) is 12.7. The minimum Gasteiger partial charge on any atom is -0.465 e. The number of carbonyl (C=O) groups is 2. The van der Waals surface area contributed by atoms with Gasteiger partial charge in [0.05, 0.1) is 18.4 Å². The number of allylic oxidation sites excluding steroid dienone is 2. The van der Waals surface area contributed by atoms with Crippen molar-refractivity contribution in [3.8, 4) is 0 Å². The molecule has 21 heavy (non-hydrogen) atoms. The molecule has 1 heterocycles. The Hall–Kier alpha value is -2.36. The van der Waals surface area contributed by atoms with Gasteiger partial charge in [-0.1, -0.05) is 13.0 Å². The Kier molecular flexibility index (Phi) is 4.26. The summed E-state index contributed by atoms with van der Waals surface area (Å²) in [7, 11) is 1.37. The lowest BCUT2D eigenvalue weighted by molar-refractivity contribution is 0.0600. The average molecular weight is 285 g/mol. The van der Waals surface area contributed by atoms with Crippen molar-refractivity contribution in [2.24, 2.45) is 0 Å². The van der Waals surface area contributed by atoms with Crippen LogP contribution in [0.3, 0.4) is 0 Å². The first kappa shape index (κ1) is 15.0. The van der Waals surface area contributed by atoms with E-state index in [1.165, 1.54) is 14.0 Å². The zero-order chi connectivity index (χ0) is 15.6. The van der Waals surface area contributed by atoms with Gasteiger partial charge in [-0.15, -0.1) is 0 Å². The van der Waals surface area contributed by atoms with Crippen LogP contribution < -0.4 is 0 Å². The van der Waals surface area contributed by atoms with E-state index in [9.17, 15) is 9.59 Å². The van der Waals surface area contributed by atoms with E-state index in [1.54, 1.807) is 12.1 Å². The van der Waals surface area contributed by atoms with E-state index in [1.807, 2.05) is 19.9 Å². The lowest BCUT2D eigenvalue weighted by atomic mass is 9.98. The van der Waals surface area contributed by atoms with Gasteiger partial charge in [-0.25, -0.2) is 4.79 Å². The third kappa shape index (κ3) is 2.89. The second kappa shape index (κ2) is 5.95. The summed E-state index contributed by atoms with van der Waals surface area (Å²) in [4.78, 5) is 26.5. The number of carbonyl (C=O) groups excluding carboxylic acids is 2. The van der Waals surface area contributed by atoms with Crippen LogP contribution in [-0.4, -0.2) is 23.8 Å². The van der Waals surface area contributed by atoms with E-state index in [2.05, 4.69) is 11.1 Å². The largest absolute Gasteiger partial charge is 0.465 e. The molecule has 0 bridgehead atoms. The molecule has 0 fully saturated rings. The molecule has 1 aromatic heterocycles. The van der Waals surface area contributed by atoms with Crippen LogP contribution in [0.2, 0.25) is 0 Å². The fourth-order valence-corrected chi connectivity index (χ4v) is 2.39. The summed E-state index contributed by atoms with van der Waals surface area (Å²) in [5, 5.41) is 0.909. The number of hydrogen-bond acceptors (Lipinski definition) is 3. The Labute approximate surface area is 123 Å². The molecule has 0 aliphatic heterocycles. The molecule has 0 radical (unpaired) electrons. The Morgan fingerprint density at radius 2 is 1.90 bits per heavy atom.